The lowest BCUT2D eigenvalue weighted by Crippen LogP contribution is -2.12. The monoisotopic (exact) mass is 431 g/mol. The Morgan fingerprint density at radius 1 is 1.22 bits per heavy atom. The Kier molecular flexibility index (Phi) is 4.77. The first-order chi connectivity index (χ1) is 8.47. The van der Waals surface area contributed by atoms with E-state index in [0.29, 0.717) is 24.9 Å². The van der Waals surface area contributed by atoms with Gasteiger partial charge in [0.05, 0.1) is 15.6 Å². The second kappa shape index (κ2) is 5.96. The third kappa shape index (κ3) is 3.30. The molecule has 0 radical (unpaired) electrons. The van der Waals surface area contributed by atoms with E-state index in [1.165, 1.54) is 0 Å². The minimum Gasteiger partial charge on any atom is -0.321 e. The van der Waals surface area contributed by atoms with Crippen LogP contribution < -0.4 is 5.32 Å². The summed E-state index contributed by atoms with van der Waals surface area (Å²) >= 11 is 20.8. The van der Waals surface area contributed by atoms with Crippen molar-refractivity contribution in [1.82, 2.24) is 0 Å². The fourth-order valence-electron chi connectivity index (χ4n) is 1.28. The van der Waals surface area contributed by atoms with Crippen LogP contribution in [-0.2, 0) is 0 Å². The molecule has 18 heavy (non-hydrogen) atoms. The van der Waals surface area contributed by atoms with E-state index in [1.807, 2.05) is 0 Å². The zero-order valence-corrected chi connectivity index (χ0v) is 13.9. The van der Waals surface area contributed by atoms with Gasteiger partial charge in [-0.3, -0.25) is 4.79 Å². The summed E-state index contributed by atoms with van der Waals surface area (Å²) < 4.78 is 1.71. The van der Waals surface area contributed by atoms with Crippen molar-refractivity contribution in [2.24, 2.45) is 0 Å². The SMILES string of the molecule is O=C(Nc1ccc(Cl)cc1I)c1cc(Cl)sc1Cl. The van der Waals surface area contributed by atoms with E-state index in [-0.39, 0.29) is 5.91 Å². The van der Waals surface area contributed by atoms with Crippen LogP contribution in [0.25, 0.3) is 0 Å². The highest BCUT2D eigenvalue weighted by molar-refractivity contribution is 14.1. The highest BCUT2D eigenvalue weighted by Crippen LogP contribution is 2.32. The molecule has 0 bridgehead atoms. The molecule has 0 atom stereocenters. The highest BCUT2D eigenvalue weighted by Gasteiger charge is 2.15. The van der Waals surface area contributed by atoms with E-state index < -0.39 is 0 Å². The average molecular weight is 432 g/mol. The smallest absolute Gasteiger partial charge is 0.258 e. The number of rotatable bonds is 2. The lowest BCUT2D eigenvalue weighted by molar-refractivity contribution is 0.102. The molecule has 94 valence electrons. The molecule has 1 N–H and O–H groups in total. The minimum atomic E-state index is -0.289. The van der Waals surface area contributed by atoms with Crippen LogP contribution in [0.4, 0.5) is 5.69 Å². The second-order valence-electron chi connectivity index (χ2n) is 3.32. The number of amides is 1. The first-order valence-electron chi connectivity index (χ1n) is 4.68. The maximum Gasteiger partial charge on any atom is 0.258 e. The van der Waals surface area contributed by atoms with Crippen molar-refractivity contribution >= 4 is 80.3 Å². The number of thiophene rings is 1. The Hall–Kier alpha value is -0.0100. The van der Waals surface area contributed by atoms with Gasteiger partial charge in [-0.05, 0) is 46.9 Å². The van der Waals surface area contributed by atoms with Gasteiger partial charge in [0.2, 0.25) is 0 Å². The van der Waals surface area contributed by atoms with E-state index in [2.05, 4.69) is 27.9 Å². The van der Waals surface area contributed by atoms with Gasteiger partial charge >= 0.3 is 0 Å². The molecule has 2 rings (SSSR count). The van der Waals surface area contributed by atoms with Crippen molar-refractivity contribution in [1.29, 1.82) is 0 Å². The predicted molar refractivity (Wildman–Crippen MR) is 86.5 cm³/mol. The summed E-state index contributed by atoms with van der Waals surface area (Å²) in [6, 6.07) is 6.76. The average Bonchev–Trinajstić information content (AvgIpc) is 2.62. The molecule has 2 aromatic rings. The predicted octanol–water partition coefficient (Wildman–Crippen LogP) is 5.57. The van der Waals surface area contributed by atoms with Crippen molar-refractivity contribution in [3.05, 3.63) is 47.1 Å². The van der Waals surface area contributed by atoms with Gasteiger partial charge in [-0.1, -0.05) is 34.8 Å². The zero-order valence-electron chi connectivity index (χ0n) is 8.64. The van der Waals surface area contributed by atoms with E-state index in [4.69, 9.17) is 34.8 Å². The summed E-state index contributed by atoms with van der Waals surface area (Å²) in [5, 5.41) is 3.39. The Bertz CT molecular complexity index is 614. The molecular formula is C11H5Cl3INOS. The van der Waals surface area contributed by atoms with Crippen LogP contribution >= 0.6 is 68.7 Å². The maximum atomic E-state index is 12.0. The van der Waals surface area contributed by atoms with Crippen molar-refractivity contribution in [3.8, 4) is 0 Å². The standard InChI is InChI=1S/C11H5Cl3INOS/c12-5-1-2-8(7(15)3-5)16-11(17)6-4-9(13)18-10(6)14/h1-4H,(H,16,17). The lowest BCUT2D eigenvalue weighted by Gasteiger charge is -2.06. The molecule has 1 aromatic heterocycles. The Morgan fingerprint density at radius 3 is 2.50 bits per heavy atom. The molecule has 0 spiro atoms. The molecule has 0 aliphatic heterocycles. The van der Waals surface area contributed by atoms with Crippen molar-refractivity contribution in [2.45, 2.75) is 0 Å². The number of anilines is 1. The molecule has 0 aliphatic carbocycles. The molecule has 0 saturated heterocycles. The summed E-state index contributed by atoms with van der Waals surface area (Å²) in [5.41, 5.74) is 1.06. The lowest BCUT2D eigenvalue weighted by atomic mass is 10.3. The highest BCUT2D eigenvalue weighted by atomic mass is 127. The van der Waals surface area contributed by atoms with E-state index in [0.717, 1.165) is 14.9 Å². The van der Waals surface area contributed by atoms with Gasteiger partial charge in [-0.25, -0.2) is 0 Å². The molecule has 0 unspecified atom stereocenters. The number of hydrogen-bond donors (Lipinski definition) is 1. The number of nitrogens with one attached hydrogen (secondary N) is 1. The van der Waals surface area contributed by atoms with Crippen molar-refractivity contribution < 1.29 is 4.79 Å². The molecule has 0 fully saturated rings. The zero-order chi connectivity index (χ0) is 13.3. The molecule has 0 saturated carbocycles. The first-order valence-corrected chi connectivity index (χ1v) is 7.71. The van der Waals surface area contributed by atoms with Gasteiger partial charge < -0.3 is 5.32 Å². The summed E-state index contributed by atoms with van der Waals surface area (Å²) in [7, 11) is 0. The van der Waals surface area contributed by atoms with E-state index in [1.54, 1.807) is 24.3 Å². The van der Waals surface area contributed by atoms with Crippen LogP contribution in [0.5, 0.6) is 0 Å². The number of benzene rings is 1. The molecular weight excluding hydrogens is 427 g/mol. The quantitative estimate of drug-likeness (QED) is 0.618. The van der Waals surface area contributed by atoms with E-state index in [9.17, 15) is 4.79 Å². The van der Waals surface area contributed by atoms with Gasteiger partial charge in [0.25, 0.3) is 5.91 Å². The number of carbonyl (C=O) groups is 1. The third-order valence-electron chi connectivity index (χ3n) is 2.08. The summed E-state index contributed by atoms with van der Waals surface area (Å²) in [6.07, 6.45) is 0. The first kappa shape index (κ1) is 14.4. The Labute approximate surface area is 136 Å². The van der Waals surface area contributed by atoms with Crippen LogP contribution in [0.1, 0.15) is 10.4 Å². The molecule has 1 aromatic carbocycles. The third-order valence-corrected chi connectivity index (χ3v) is 4.70. The Morgan fingerprint density at radius 2 is 1.94 bits per heavy atom. The second-order valence-corrected chi connectivity index (χ2v) is 7.20. The van der Waals surface area contributed by atoms with Crippen molar-refractivity contribution in [2.75, 3.05) is 5.32 Å². The van der Waals surface area contributed by atoms with Crippen LogP contribution in [0, 0.1) is 3.57 Å². The fourth-order valence-corrected chi connectivity index (χ4v) is 3.74. The van der Waals surface area contributed by atoms with E-state index >= 15 is 0 Å². The number of hydrogen-bond acceptors (Lipinski definition) is 2. The van der Waals surface area contributed by atoms with Crippen LogP contribution in [0.15, 0.2) is 24.3 Å². The van der Waals surface area contributed by atoms with Gasteiger partial charge in [0.1, 0.15) is 4.34 Å². The van der Waals surface area contributed by atoms with Crippen LogP contribution in [0.3, 0.4) is 0 Å². The summed E-state index contributed by atoms with van der Waals surface area (Å²) in [6.45, 7) is 0. The number of halogens is 4. The van der Waals surface area contributed by atoms with Crippen molar-refractivity contribution in [3.63, 3.8) is 0 Å². The maximum absolute atomic E-state index is 12.0. The molecule has 7 heteroatoms. The van der Waals surface area contributed by atoms with Gasteiger partial charge in [0.15, 0.2) is 0 Å². The molecule has 1 heterocycles. The summed E-state index contributed by atoms with van der Waals surface area (Å²) in [5.74, 6) is -0.289. The van der Waals surface area contributed by atoms with Gasteiger partial charge in [0, 0.05) is 8.59 Å². The Balaban J connectivity index is 2.24. The minimum absolute atomic E-state index is 0.289. The summed E-state index contributed by atoms with van der Waals surface area (Å²) in [4.78, 5) is 12.0. The molecule has 0 aliphatic rings. The largest absolute Gasteiger partial charge is 0.321 e. The topological polar surface area (TPSA) is 29.1 Å². The van der Waals surface area contributed by atoms with Crippen LogP contribution in [0.2, 0.25) is 13.7 Å². The molecule has 1 amide bonds. The molecule has 2 nitrogen and oxygen atoms in total. The van der Waals surface area contributed by atoms with Gasteiger partial charge in [-0.15, -0.1) is 11.3 Å². The number of carbonyl (C=O) groups excluding carboxylic acids is 1. The normalized spacial score (nSPS) is 10.4. The van der Waals surface area contributed by atoms with Crippen LogP contribution in [-0.4, -0.2) is 5.91 Å². The van der Waals surface area contributed by atoms with Gasteiger partial charge in [-0.2, -0.15) is 0 Å². The fraction of sp³-hybridized carbons (Fsp3) is 0.